The molecule has 2 amide bonds. The number of carbonyl (C=O) groups excluding carboxylic acids is 2. The maximum Gasteiger partial charge on any atom is 0.265 e. The summed E-state index contributed by atoms with van der Waals surface area (Å²) >= 11 is 0. The third-order valence-electron chi connectivity index (χ3n) is 4.13. The smallest absolute Gasteiger partial charge is 0.265 e. The third kappa shape index (κ3) is 5.84. The van der Waals surface area contributed by atoms with Crippen LogP contribution in [0.25, 0.3) is 0 Å². The van der Waals surface area contributed by atoms with Crippen molar-refractivity contribution in [2.45, 2.75) is 59.1 Å². The van der Waals surface area contributed by atoms with Crippen molar-refractivity contribution in [3.8, 4) is 5.75 Å². The average molecular weight is 383 g/mol. The number of hydrogen-bond donors (Lipinski definition) is 2. The topological polar surface area (TPSA) is 67.4 Å². The standard InChI is InChI=1S/C23H30N2O3/c1-15(2)17-11-8-10-14-20(17)28-16(3)21(26)24-19-13-9-7-12-18(19)22(27)25-23(4,5)6/h7-16H,1-6H3,(H,24,26)(H,25,27)/t16-/m1/s1. The minimum absolute atomic E-state index is 0.234. The van der Waals surface area contributed by atoms with Gasteiger partial charge in [-0.25, -0.2) is 0 Å². The first-order chi connectivity index (χ1) is 13.1. The molecule has 0 radical (unpaired) electrons. The van der Waals surface area contributed by atoms with E-state index in [0.29, 0.717) is 17.0 Å². The molecule has 2 rings (SSSR count). The van der Waals surface area contributed by atoms with Crippen molar-refractivity contribution in [1.29, 1.82) is 0 Å². The maximum atomic E-state index is 12.7. The number of anilines is 1. The zero-order valence-corrected chi connectivity index (χ0v) is 17.5. The molecule has 0 saturated heterocycles. The summed E-state index contributed by atoms with van der Waals surface area (Å²) < 4.78 is 5.91. The minimum Gasteiger partial charge on any atom is -0.481 e. The predicted octanol–water partition coefficient (Wildman–Crippen LogP) is 4.74. The Bertz CT molecular complexity index is 838. The van der Waals surface area contributed by atoms with Gasteiger partial charge < -0.3 is 15.4 Å². The maximum absolute atomic E-state index is 12.7. The Labute approximate surface area is 167 Å². The van der Waals surface area contributed by atoms with Gasteiger partial charge in [-0.3, -0.25) is 9.59 Å². The number of amides is 2. The van der Waals surface area contributed by atoms with Crippen molar-refractivity contribution in [1.82, 2.24) is 5.32 Å². The molecule has 2 N–H and O–H groups in total. The molecule has 0 bridgehead atoms. The second-order valence-electron chi connectivity index (χ2n) is 8.19. The first-order valence-corrected chi connectivity index (χ1v) is 9.56. The molecule has 2 aromatic carbocycles. The second-order valence-corrected chi connectivity index (χ2v) is 8.19. The Kier molecular flexibility index (Phi) is 6.84. The van der Waals surface area contributed by atoms with Gasteiger partial charge in [0.1, 0.15) is 5.75 Å². The molecule has 0 heterocycles. The van der Waals surface area contributed by atoms with Crippen LogP contribution in [0.3, 0.4) is 0 Å². The number of nitrogens with one attached hydrogen (secondary N) is 2. The highest BCUT2D eigenvalue weighted by atomic mass is 16.5. The van der Waals surface area contributed by atoms with Crippen LogP contribution >= 0.6 is 0 Å². The molecule has 0 aromatic heterocycles. The summed E-state index contributed by atoms with van der Waals surface area (Å²) in [5, 5.41) is 5.74. The van der Waals surface area contributed by atoms with E-state index in [1.807, 2.05) is 45.0 Å². The summed E-state index contributed by atoms with van der Waals surface area (Å²) in [4.78, 5) is 25.2. The summed E-state index contributed by atoms with van der Waals surface area (Å²) in [6, 6.07) is 14.7. The van der Waals surface area contributed by atoms with Gasteiger partial charge in [0.2, 0.25) is 0 Å². The lowest BCUT2D eigenvalue weighted by molar-refractivity contribution is -0.122. The summed E-state index contributed by atoms with van der Waals surface area (Å²) in [6.45, 7) is 11.6. The number of para-hydroxylation sites is 2. The summed E-state index contributed by atoms with van der Waals surface area (Å²) in [5.41, 5.74) is 1.56. The highest BCUT2D eigenvalue weighted by molar-refractivity contribution is 6.04. The zero-order chi connectivity index (χ0) is 20.9. The van der Waals surface area contributed by atoms with Gasteiger partial charge in [-0.15, -0.1) is 0 Å². The molecule has 0 unspecified atom stereocenters. The highest BCUT2D eigenvalue weighted by Crippen LogP contribution is 2.27. The number of carbonyl (C=O) groups is 2. The predicted molar refractivity (Wildman–Crippen MR) is 113 cm³/mol. The lowest BCUT2D eigenvalue weighted by Crippen LogP contribution is -2.41. The van der Waals surface area contributed by atoms with Crippen molar-refractivity contribution < 1.29 is 14.3 Å². The molecule has 0 aliphatic carbocycles. The fourth-order valence-corrected chi connectivity index (χ4v) is 2.74. The molecule has 0 spiro atoms. The van der Waals surface area contributed by atoms with Crippen LogP contribution in [0.1, 0.15) is 63.4 Å². The molecule has 150 valence electrons. The largest absolute Gasteiger partial charge is 0.481 e. The van der Waals surface area contributed by atoms with E-state index in [0.717, 1.165) is 5.56 Å². The van der Waals surface area contributed by atoms with Crippen LogP contribution in [0.2, 0.25) is 0 Å². The van der Waals surface area contributed by atoms with Crippen molar-refractivity contribution >= 4 is 17.5 Å². The van der Waals surface area contributed by atoms with Gasteiger partial charge in [0.25, 0.3) is 11.8 Å². The van der Waals surface area contributed by atoms with Gasteiger partial charge in [0.15, 0.2) is 6.10 Å². The van der Waals surface area contributed by atoms with E-state index in [2.05, 4.69) is 24.5 Å². The van der Waals surface area contributed by atoms with E-state index >= 15 is 0 Å². The van der Waals surface area contributed by atoms with Crippen molar-refractivity contribution in [2.24, 2.45) is 0 Å². The Morgan fingerprint density at radius 1 is 0.929 bits per heavy atom. The first kappa shape index (κ1) is 21.5. The second kappa shape index (κ2) is 8.91. The van der Waals surface area contributed by atoms with Crippen molar-refractivity contribution in [2.75, 3.05) is 5.32 Å². The van der Waals surface area contributed by atoms with Crippen LogP contribution in [0.5, 0.6) is 5.75 Å². The van der Waals surface area contributed by atoms with Crippen molar-refractivity contribution in [3.05, 3.63) is 59.7 Å². The minimum atomic E-state index is -0.710. The molecule has 28 heavy (non-hydrogen) atoms. The third-order valence-corrected chi connectivity index (χ3v) is 4.13. The quantitative estimate of drug-likeness (QED) is 0.758. The number of ether oxygens (including phenoxy) is 1. The molecule has 5 nitrogen and oxygen atoms in total. The van der Waals surface area contributed by atoms with E-state index < -0.39 is 6.10 Å². The fourth-order valence-electron chi connectivity index (χ4n) is 2.74. The van der Waals surface area contributed by atoms with E-state index in [1.165, 1.54) is 0 Å². The van der Waals surface area contributed by atoms with Gasteiger partial charge in [0, 0.05) is 5.54 Å². The normalized spacial score (nSPS) is 12.4. The number of benzene rings is 2. The number of rotatable bonds is 6. The van der Waals surface area contributed by atoms with Crippen LogP contribution in [0, 0.1) is 0 Å². The average Bonchev–Trinajstić information content (AvgIpc) is 2.60. The Hall–Kier alpha value is -2.82. The first-order valence-electron chi connectivity index (χ1n) is 9.56. The van der Waals surface area contributed by atoms with Crippen LogP contribution in [0.4, 0.5) is 5.69 Å². The molecule has 0 aliphatic heterocycles. The van der Waals surface area contributed by atoms with Gasteiger partial charge >= 0.3 is 0 Å². The van der Waals surface area contributed by atoms with Gasteiger partial charge in [-0.1, -0.05) is 44.2 Å². The molecule has 0 aliphatic rings. The molecule has 2 aromatic rings. The van der Waals surface area contributed by atoms with E-state index in [4.69, 9.17) is 4.74 Å². The summed E-state index contributed by atoms with van der Waals surface area (Å²) in [5.74, 6) is 0.434. The van der Waals surface area contributed by atoms with Gasteiger partial charge in [-0.05, 0) is 57.4 Å². The van der Waals surface area contributed by atoms with E-state index in [-0.39, 0.29) is 23.3 Å². The van der Waals surface area contributed by atoms with Crippen molar-refractivity contribution in [3.63, 3.8) is 0 Å². The van der Waals surface area contributed by atoms with Gasteiger partial charge in [0.05, 0.1) is 11.3 Å². The monoisotopic (exact) mass is 382 g/mol. The SMILES string of the molecule is CC(C)c1ccccc1O[C@H](C)C(=O)Nc1ccccc1C(=O)NC(C)(C)C. The Morgan fingerprint density at radius 3 is 2.18 bits per heavy atom. The lowest BCUT2D eigenvalue weighted by atomic mass is 10.0. The zero-order valence-electron chi connectivity index (χ0n) is 17.5. The molecule has 0 saturated carbocycles. The summed E-state index contributed by atoms with van der Waals surface area (Å²) in [6.07, 6.45) is -0.710. The molecule has 0 fully saturated rings. The van der Waals surface area contributed by atoms with Crippen LogP contribution in [-0.4, -0.2) is 23.5 Å². The lowest BCUT2D eigenvalue weighted by Gasteiger charge is -2.22. The van der Waals surface area contributed by atoms with Crippen LogP contribution in [0.15, 0.2) is 48.5 Å². The Balaban J connectivity index is 2.14. The fraction of sp³-hybridized carbons (Fsp3) is 0.391. The van der Waals surface area contributed by atoms with Gasteiger partial charge in [-0.2, -0.15) is 0 Å². The van der Waals surface area contributed by atoms with E-state index in [1.54, 1.807) is 31.2 Å². The molecular formula is C23H30N2O3. The highest BCUT2D eigenvalue weighted by Gasteiger charge is 2.21. The molecule has 5 heteroatoms. The molecule has 1 atom stereocenters. The van der Waals surface area contributed by atoms with Crippen LogP contribution in [-0.2, 0) is 4.79 Å². The molecular weight excluding hydrogens is 352 g/mol. The van der Waals surface area contributed by atoms with Crippen LogP contribution < -0.4 is 15.4 Å². The van der Waals surface area contributed by atoms with E-state index in [9.17, 15) is 9.59 Å². The Morgan fingerprint density at radius 2 is 1.54 bits per heavy atom. The summed E-state index contributed by atoms with van der Waals surface area (Å²) in [7, 11) is 0. The number of hydrogen-bond acceptors (Lipinski definition) is 3.